The zero-order valence-corrected chi connectivity index (χ0v) is 18.3. The Morgan fingerprint density at radius 3 is 2.82 bits per heavy atom. The fourth-order valence-electron chi connectivity index (χ4n) is 4.32. The second-order valence-electron chi connectivity index (χ2n) is 8.16. The van der Waals surface area contributed by atoms with E-state index in [0.717, 1.165) is 28.5 Å². The first-order chi connectivity index (χ1) is 16.1. The standard InChI is InChI=1S/C25H20ClN5O2/c26-15-9-10-21-22(13-15)33-25(30-21)27-16-11-12-31(14-16)24(32)18-6-2-1-5-17(18)23-28-19-7-3-4-8-20(19)29-23/h1-10,13,16H,11-12,14H2,(H,27,30)(H,28,29)/t16-/m1/s1. The molecule has 1 amide bonds. The number of likely N-dealkylation sites (tertiary alicyclic amines) is 1. The highest BCUT2D eigenvalue weighted by Crippen LogP contribution is 2.27. The molecule has 1 saturated heterocycles. The van der Waals surface area contributed by atoms with Crippen LogP contribution in [0.5, 0.6) is 0 Å². The normalized spacial score (nSPS) is 16.0. The number of nitrogens with one attached hydrogen (secondary N) is 2. The summed E-state index contributed by atoms with van der Waals surface area (Å²) in [5.41, 5.74) is 4.63. The molecule has 2 N–H and O–H groups in total. The maximum Gasteiger partial charge on any atom is 0.295 e. The van der Waals surface area contributed by atoms with Crippen molar-refractivity contribution in [2.24, 2.45) is 0 Å². The molecule has 3 heterocycles. The van der Waals surface area contributed by atoms with E-state index in [9.17, 15) is 4.79 Å². The average molecular weight is 458 g/mol. The summed E-state index contributed by atoms with van der Waals surface area (Å²) in [6.07, 6.45) is 0.804. The molecule has 2 aromatic heterocycles. The number of hydrogen-bond donors (Lipinski definition) is 2. The van der Waals surface area contributed by atoms with Gasteiger partial charge in [-0.1, -0.05) is 41.9 Å². The molecule has 3 aromatic carbocycles. The molecule has 0 bridgehead atoms. The van der Waals surface area contributed by atoms with E-state index in [1.165, 1.54) is 0 Å². The van der Waals surface area contributed by atoms with E-state index >= 15 is 0 Å². The molecule has 1 atom stereocenters. The maximum absolute atomic E-state index is 13.4. The number of H-pyrrole nitrogens is 1. The minimum Gasteiger partial charge on any atom is -0.423 e. The quantitative estimate of drug-likeness (QED) is 0.380. The van der Waals surface area contributed by atoms with E-state index in [-0.39, 0.29) is 11.9 Å². The summed E-state index contributed by atoms with van der Waals surface area (Å²) in [5, 5.41) is 3.92. The van der Waals surface area contributed by atoms with Crippen molar-refractivity contribution in [2.75, 3.05) is 18.4 Å². The van der Waals surface area contributed by atoms with E-state index in [1.54, 1.807) is 12.1 Å². The van der Waals surface area contributed by atoms with Gasteiger partial charge in [0, 0.05) is 35.8 Å². The Hall–Kier alpha value is -3.84. The second-order valence-corrected chi connectivity index (χ2v) is 8.60. The summed E-state index contributed by atoms with van der Waals surface area (Å²) in [6.45, 7) is 1.21. The van der Waals surface area contributed by atoms with Crippen LogP contribution in [0.2, 0.25) is 5.02 Å². The summed E-state index contributed by atoms with van der Waals surface area (Å²) in [4.78, 5) is 27.8. The Morgan fingerprint density at radius 1 is 1.06 bits per heavy atom. The molecular weight excluding hydrogens is 438 g/mol. The minimum absolute atomic E-state index is 0.0142. The van der Waals surface area contributed by atoms with Crippen molar-refractivity contribution in [3.63, 3.8) is 0 Å². The van der Waals surface area contributed by atoms with Crippen molar-refractivity contribution < 1.29 is 9.21 Å². The third-order valence-corrected chi connectivity index (χ3v) is 6.19. The summed E-state index contributed by atoms with van der Waals surface area (Å²) < 4.78 is 5.77. The number of hydrogen-bond acceptors (Lipinski definition) is 5. The van der Waals surface area contributed by atoms with Crippen LogP contribution >= 0.6 is 11.6 Å². The first-order valence-electron chi connectivity index (χ1n) is 10.8. The number of carbonyl (C=O) groups is 1. The molecule has 0 unspecified atom stereocenters. The molecule has 0 aliphatic carbocycles. The molecule has 8 heteroatoms. The predicted molar refractivity (Wildman–Crippen MR) is 128 cm³/mol. The number of aromatic nitrogens is 3. The fourth-order valence-corrected chi connectivity index (χ4v) is 4.49. The molecule has 5 aromatic rings. The molecule has 1 aliphatic rings. The van der Waals surface area contributed by atoms with Crippen LogP contribution in [0.4, 0.5) is 6.01 Å². The van der Waals surface area contributed by atoms with Gasteiger partial charge in [-0.25, -0.2) is 4.98 Å². The van der Waals surface area contributed by atoms with Crippen LogP contribution in [0.1, 0.15) is 16.8 Å². The molecule has 0 spiro atoms. The van der Waals surface area contributed by atoms with Crippen molar-refractivity contribution in [1.29, 1.82) is 0 Å². The van der Waals surface area contributed by atoms with Gasteiger partial charge >= 0.3 is 0 Å². The maximum atomic E-state index is 13.4. The van der Waals surface area contributed by atoms with Gasteiger partial charge in [-0.15, -0.1) is 0 Å². The van der Waals surface area contributed by atoms with E-state index in [4.69, 9.17) is 16.0 Å². The van der Waals surface area contributed by atoms with Gasteiger partial charge in [0.05, 0.1) is 16.6 Å². The lowest BCUT2D eigenvalue weighted by Gasteiger charge is -2.18. The lowest BCUT2D eigenvalue weighted by molar-refractivity contribution is 0.0792. The van der Waals surface area contributed by atoms with Crippen LogP contribution in [0.15, 0.2) is 71.1 Å². The summed E-state index contributed by atoms with van der Waals surface area (Å²) in [7, 11) is 0. The number of carbonyl (C=O) groups excluding carboxylic acids is 1. The molecule has 6 rings (SSSR count). The smallest absolute Gasteiger partial charge is 0.295 e. The van der Waals surface area contributed by atoms with Crippen molar-refractivity contribution in [3.05, 3.63) is 77.3 Å². The van der Waals surface area contributed by atoms with Gasteiger partial charge in [0.25, 0.3) is 11.9 Å². The SMILES string of the molecule is O=C(c1ccccc1-c1nc2ccccc2[nH]1)N1CC[C@@H](Nc2nc3ccc(Cl)cc3o2)C1. The van der Waals surface area contributed by atoms with Gasteiger partial charge < -0.3 is 19.6 Å². The Kier molecular flexibility index (Phi) is 4.77. The van der Waals surface area contributed by atoms with E-state index in [1.807, 2.05) is 59.5 Å². The lowest BCUT2D eigenvalue weighted by atomic mass is 10.1. The number of benzene rings is 3. The minimum atomic E-state index is -0.0142. The van der Waals surface area contributed by atoms with E-state index < -0.39 is 0 Å². The van der Waals surface area contributed by atoms with Crippen molar-refractivity contribution in [2.45, 2.75) is 12.5 Å². The summed E-state index contributed by atoms with van der Waals surface area (Å²) in [5.74, 6) is 0.680. The van der Waals surface area contributed by atoms with Crippen LogP contribution in [0, 0.1) is 0 Å². The van der Waals surface area contributed by atoms with Crippen LogP contribution in [0.25, 0.3) is 33.5 Å². The van der Waals surface area contributed by atoms with Crippen molar-refractivity contribution in [3.8, 4) is 11.4 Å². The number of para-hydroxylation sites is 2. The van der Waals surface area contributed by atoms with Crippen LogP contribution in [0.3, 0.4) is 0 Å². The zero-order chi connectivity index (χ0) is 22.4. The van der Waals surface area contributed by atoms with Crippen LogP contribution in [-0.4, -0.2) is 44.9 Å². The number of nitrogens with zero attached hydrogens (tertiary/aromatic N) is 3. The number of halogens is 1. The highest BCUT2D eigenvalue weighted by molar-refractivity contribution is 6.31. The largest absolute Gasteiger partial charge is 0.423 e. The number of imidazole rings is 1. The first kappa shape index (κ1) is 19.8. The van der Waals surface area contributed by atoms with Crippen LogP contribution < -0.4 is 5.32 Å². The number of aromatic amines is 1. The Labute approximate surface area is 194 Å². The number of oxazole rings is 1. The van der Waals surface area contributed by atoms with Gasteiger partial charge in [-0.3, -0.25) is 4.79 Å². The Balaban J connectivity index is 1.21. The fraction of sp³-hybridized carbons (Fsp3) is 0.160. The second kappa shape index (κ2) is 7.94. The molecule has 0 saturated carbocycles. The lowest BCUT2D eigenvalue weighted by Crippen LogP contribution is -2.32. The van der Waals surface area contributed by atoms with E-state index in [2.05, 4.69) is 20.3 Å². The molecule has 1 aliphatic heterocycles. The first-order valence-corrected chi connectivity index (χ1v) is 11.2. The zero-order valence-electron chi connectivity index (χ0n) is 17.6. The van der Waals surface area contributed by atoms with Gasteiger partial charge in [0.1, 0.15) is 11.3 Å². The average Bonchev–Trinajstić information content (AvgIpc) is 3.56. The number of fused-ring (bicyclic) bond motifs is 2. The van der Waals surface area contributed by atoms with Gasteiger partial charge in [0.2, 0.25) is 0 Å². The van der Waals surface area contributed by atoms with Crippen molar-refractivity contribution in [1.82, 2.24) is 19.9 Å². The number of rotatable bonds is 4. The van der Waals surface area contributed by atoms with Crippen LogP contribution in [-0.2, 0) is 0 Å². The number of amides is 1. The summed E-state index contributed by atoms with van der Waals surface area (Å²) in [6, 6.07) is 21.3. The molecule has 164 valence electrons. The molecule has 7 nitrogen and oxygen atoms in total. The predicted octanol–water partition coefficient (Wildman–Crippen LogP) is 5.35. The Bertz CT molecular complexity index is 1460. The number of anilines is 1. The van der Waals surface area contributed by atoms with Gasteiger partial charge in [-0.05, 0) is 36.8 Å². The summed E-state index contributed by atoms with van der Waals surface area (Å²) >= 11 is 6.03. The topological polar surface area (TPSA) is 87.0 Å². The molecule has 0 radical (unpaired) electrons. The monoisotopic (exact) mass is 457 g/mol. The molecule has 1 fully saturated rings. The van der Waals surface area contributed by atoms with Gasteiger partial charge in [0.15, 0.2) is 5.58 Å². The molecular formula is C25H20ClN5O2. The van der Waals surface area contributed by atoms with Gasteiger partial charge in [-0.2, -0.15) is 4.98 Å². The third kappa shape index (κ3) is 3.70. The highest BCUT2D eigenvalue weighted by atomic mass is 35.5. The third-order valence-electron chi connectivity index (χ3n) is 5.96. The van der Waals surface area contributed by atoms with Crippen molar-refractivity contribution >= 4 is 45.7 Å². The molecule has 33 heavy (non-hydrogen) atoms. The van der Waals surface area contributed by atoms with E-state index in [0.29, 0.717) is 41.1 Å². The highest BCUT2D eigenvalue weighted by Gasteiger charge is 2.29. The Morgan fingerprint density at radius 2 is 1.91 bits per heavy atom.